The molecule has 3 rings (SSSR count). The molecule has 2 N–H and O–H groups in total. The predicted octanol–water partition coefficient (Wildman–Crippen LogP) is 1.03. The number of amides is 1. The predicted molar refractivity (Wildman–Crippen MR) is 64.2 cm³/mol. The molecule has 1 aromatic rings. The summed E-state index contributed by atoms with van der Waals surface area (Å²) in [6.07, 6.45) is 2.32. The number of carbonyl (C=O) groups excluding carboxylic acids is 1. The maximum Gasteiger partial charge on any atom is 0.264 e. The largest absolute Gasteiger partial charge is 0.283 e. The van der Waals surface area contributed by atoms with E-state index < -0.39 is 0 Å². The third-order valence-electron chi connectivity index (χ3n) is 3.03. The van der Waals surface area contributed by atoms with Crippen molar-refractivity contribution in [3.8, 4) is 0 Å². The molecular weight excluding hydrogens is 240 g/mol. The Morgan fingerprint density at radius 3 is 2.82 bits per heavy atom. The first-order valence-corrected chi connectivity index (χ1v) is 5.75. The minimum absolute atomic E-state index is 0.0727. The van der Waals surface area contributed by atoms with Gasteiger partial charge in [0.15, 0.2) is 0 Å². The van der Waals surface area contributed by atoms with Gasteiger partial charge in [-0.15, -0.1) is 0 Å². The lowest BCUT2D eigenvalue weighted by atomic mass is 10.0. The number of hydrazone groups is 1. The number of fused-ring (bicyclic) bond motifs is 1. The molecule has 2 atom stereocenters. The summed E-state index contributed by atoms with van der Waals surface area (Å²) < 4.78 is 0. The standard InChI is InChI=1S/C11H11ClN4O/c12-8-3-1-7(2-4-8)9-5-10-11(17)14-13-6-16(10)15-9/h1-4,6,9-10,15H,5H2,(H,14,17). The topological polar surface area (TPSA) is 56.7 Å². The summed E-state index contributed by atoms with van der Waals surface area (Å²) in [6.45, 7) is 0. The minimum Gasteiger partial charge on any atom is -0.283 e. The van der Waals surface area contributed by atoms with E-state index in [-0.39, 0.29) is 18.0 Å². The summed E-state index contributed by atoms with van der Waals surface area (Å²) in [5, 5.41) is 6.22. The van der Waals surface area contributed by atoms with Crippen molar-refractivity contribution >= 4 is 23.8 Å². The SMILES string of the molecule is O=C1NN=CN2NC(c3ccc(Cl)cc3)CC12. The van der Waals surface area contributed by atoms with Crippen LogP contribution in [0.5, 0.6) is 0 Å². The van der Waals surface area contributed by atoms with E-state index in [0.29, 0.717) is 5.02 Å². The zero-order valence-electron chi connectivity index (χ0n) is 8.93. The quantitative estimate of drug-likeness (QED) is 0.783. The van der Waals surface area contributed by atoms with Gasteiger partial charge in [0.1, 0.15) is 12.4 Å². The van der Waals surface area contributed by atoms with E-state index in [1.165, 1.54) is 0 Å². The average molecular weight is 251 g/mol. The molecule has 17 heavy (non-hydrogen) atoms. The van der Waals surface area contributed by atoms with E-state index in [1.807, 2.05) is 24.3 Å². The zero-order chi connectivity index (χ0) is 11.8. The van der Waals surface area contributed by atoms with Gasteiger partial charge >= 0.3 is 0 Å². The van der Waals surface area contributed by atoms with E-state index >= 15 is 0 Å². The summed E-state index contributed by atoms with van der Waals surface area (Å²) in [7, 11) is 0. The molecule has 88 valence electrons. The molecule has 2 aliphatic rings. The van der Waals surface area contributed by atoms with Gasteiger partial charge in [0.2, 0.25) is 0 Å². The van der Waals surface area contributed by atoms with Crippen LogP contribution in [0.15, 0.2) is 29.4 Å². The summed E-state index contributed by atoms with van der Waals surface area (Å²) in [6, 6.07) is 7.57. The molecule has 2 heterocycles. The molecule has 0 saturated carbocycles. The van der Waals surface area contributed by atoms with Crippen molar-refractivity contribution in [3.05, 3.63) is 34.9 Å². The average Bonchev–Trinajstić information content (AvgIpc) is 2.75. The number of halogens is 1. The van der Waals surface area contributed by atoms with Crippen molar-refractivity contribution in [2.45, 2.75) is 18.5 Å². The van der Waals surface area contributed by atoms with Gasteiger partial charge in [0.05, 0.1) is 6.04 Å². The van der Waals surface area contributed by atoms with Gasteiger partial charge in [-0.05, 0) is 24.1 Å². The van der Waals surface area contributed by atoms with E-state index in [0.717, 1.165) is 12.0 Å². The van der Waals surface area contributed by atoms with E-state index in [1.54, 1.807) is 11.3 Å². The number of hydrogen-bond donors (Lipinski definition) is 2. The van der Waals surface area contributed by atoms with Crippen molar-refractivity contribution in [2.24, 2.45) is 5.10 Å². The van der Waals surface area contributed by atoms with Crippen molar-refractivity contribution in [1.82, 2.24) is 15.9 Å². The Morgan fingerprint density at radius 2 is 2.12 bits per heavy atom. The lowest BCUT2D eigenvalue weighted by Gasteiger charge is -2.23. The smallest absolute Gasteiger partial charge is 0.264 e. The number of benzene rings is 1. The van der Waals surface area contributed by atoms with Crippen molar-refractivity contribution in [1.29, 1.82) is 0 Å². The fraction of sp³-hybridized carbons (Fsp3) is 0.273. The third kappa shape index (κ3) is 1.87. The monoisotopic (exact) mass is 250 g/mol. The van der Waals surface area contributed by atoms with Crippen molar-refractivity contribution in [2.75, 3.05) is 0 Å². The van der Waals surface area contributed by atoms with E-state index in [2.05, 4.69) is 16.0 Å². The first-order valence-electron chi connectivity index (χ1n) is 5.37. The summed E-state index contributed by atoms with van der Waals surface area (Å²) in [5.74, 6) is -0.0727. The van der Waals surface area contributed by atoms with Crippen LogP contribution in [0.25, 0.3) is 0 Å². The molecule has 1 amide bonds. The van der Waals surface area contributed by atoms with Crippen molar-refractivity contribution < 1.29 is 4.79 Å². The van der Waals surface area contributed by atoms with Gasteiger partial charge in [-0.25, -0.2) is 10.9 Å². The number of hydrazine groups is 1. The van der Waals surface area contributed by atoms with Crippen LogP contribution >= 0.6 is 11.6 Å². The van der Waals surface area contributed by atoms with Gasteiger partial charge in [-0.1, -0.05) is 23.7 Å². The molecule has 6 heteroatoms. The molecule has 0 aromatic heterocycles. The molecule has 5 nitrogen and oxygen atoms in total. The van der Waals surface area contributed by atoms with Crippen LogP contribution in [0.1, 0.15) is 18.0 Å². The second-order valence-electron chi connectivity index (χ2n) is 4.11. The highest BCUT2D eigenvalue weighted by Crippen LogP contribution is 2.28. The van der Waals surface area contributed by atoms with Crippen LogP contribution < -0.4 is 10.9 Å². The van der Waals surface area contributed by atoms with Gasteiger partial charge in [0, 0.05) is 5.02 Å². The zero-order valence-corrected chi connectivity index (χ0v) is 9.69. The van der Waals surface area contributed by atoms with Gasteiger partial charge in [-0.3, -0.25) is 9.80 Å². The Kier molecular flexibility index (Phi) is 2.49. The molecule has 0 aliphatic carbocycles. The van der Waals surface area contributed by atoms with Crippen molar-refractivity contribution in [3.63, 3.8) is 0 Å². The van der Waals surface area contributed by atoms with Crippen LogP contribution in [-0.2, 0) is 4.79 Å². The summed E-state index contributed by atoms with van der Waals surface area (Å²) >= 11 is 5.85. The number of rotatable bonds is 1. The highest BCUT2D eigenvalue weighted by Gasteiger charge is 2.37. The Hall–Kier alpha value is -1.59. The number of hydrogen-bond acceptors (Lipinski definition) is 4. The highest BCUT2D eigenvalue weighted by molar-refractivity contribution is 6.30. The second kappa shape index (κ2) is 4.01. The number of carbonyl (C=O) groups is 1. The fourth-order valence-corrected chi connectivity index (χ4v) is 2.27. The normalized spacial score (nSPS) is 26.9. The second-order valence-corrected chi connectivity index (χ2v) is 4.55. The van der Waals surface area contributed by atoms with Crippen LogP contribution in [0, 0.1) is 0 Å². The summed E-state index contributed by atoms with van der Waals surface area (Å²) in [4.78, 5) is 11.6. The number of nitrogens with zero attached hydrogens (tertiary/aromatic N) is 2. The third-order valence-corrected chi connectivity index (χ3v) is 3.28. The molecule has 0 radical (unpaired) electrons. The Bertz CT molecular complexity index is 473. The fourth-order valence-electron chi connectivity index (χ4n) is 2.14. The lowest BCUT2D eigenvalue weighted by molar-refractivity contribution is -0.125. The Balaban J connectivity index is 1.82. The maximum atomic E-state index is 11.6. The van der Waals surface area contributed by atoms with E-state index in [9.17, 15) is 4.79 Å². The first-order chi connectivity index (χ1) is 8.24. The van der Waals surface area contributed by atoms with Crippen LogP contribution in [0.2, 0.25) is 5.02 Å². The minimum atomic E-state index is -0.187. The first kappa shape index (κ1) is 10.6. The Morgan fingerprint density at radius 1 is 1.35 bits per heavy atom. The molecule has 0 spiro atoms. The lowest BCUT2D eigenvalue weighted by Crippen LogP contribution is -2.48. The number of nitrogens with one attached hydrogen (secondary N) is 2. The van der Waals surface area contributed by atoms with Crippen LogP contribution in [0.4, 0.5) is 0 Å². The molecule has 1 aromatic carbocycles. The molecule has 2 unspecified atom stereocenters. The molecule has 2 aliphatic heterocycles. The van der Waals surface area contributed by atoms with Crippen LogP contribution in [-0.4, -0.2) is 23.3 Å². The maximum absolute atomic E-state index is 11.6. The Labute approximate surface area is 103 Å². The van der Waals surface area contributed by atoms with Gasteiger partial charge in [0.25, 0.3) is 5.91 Å². The highest BCUT2D eigenvalue weighted by atomic mass is 35.5. The molecule has 1 fully saturated rings. The molecular formula is C11H11ClN4O. The molecule has 1 saturated heterocycles. The van der Waals surface area contributed by atoms with Gasteiger partial charge in [-0.2, -0.15) is 5.10 Å². The van der Waals surface area contributed by atoms with E-state index in [4.69, 9.17) is 11.6 Å². The molecule has 0 bridgehead atoms. The van der Waals surface area contributed by atoms with Gasteiger partial charge < -0.3 is 0 Å². The van der Waals surface area contributed by atoms with Crippen LogP contribution in [0.3, 0.4) is 0 Å². The summed E-state index contributed by atoms with van der Waals surface area (Å²) in [5.41, 5.74) is 6.82.